The van der Waals surface area contributed by atoms with Crippen molar-refractivity contribution in [1.82, 2.24) is 10.2 Å². The van der Waals surface area contributed by atoms with E-state index in [2.05, 4.69) is 44.8 Å². The molecule has 65 heavy (non-hydrogen) atoms. The summed E-state index contributed by atoms with van der Waals surface area (Å²) in [6.45, 7) is 19.9. The predicted molar refractivity (Wildman–Crippen MR) is 278 cm³/mol. The van der Waals surface area contributed by atoms with Crippen LogP contribution in [0.4, 0.5) is 4.79 Å². The average Bonchev–Trinajstić information content (AvgIpc) is 3.26. The average molecular weight is 922 g/mol. The van der Waals surface area contributed by atoms with Crippen LogP contribution in [0.2, 0.25) is 0 Å². The van der Waals surface area contributed by atoms with Gasteiger partial charge in [0.25, 0.3) is 0 Å². The van der Waals surface area contributed by atoms with E-state index < -0.39 is 5.60 Å². The number of alkyl carbamates (subject to hydrolysis) is 1. The van der Waals surface area contributed by atoms with Crippen molar-refractivity contribution in [3.63, 3.8) is 0 Å². The van der Waals surface area contributed by atoms with Crippen LogP contribution in [-0.4, -0.2) is 66.9 Å². The van der Waals surface area contributed by atoms with Crippen molar-refractivity contribution >= 4 is 18.0 Å². The highest BCUT2D eigenvalue weighted by Gasteiger charge is 2.22. The molecule has 0 aliphatic heterocycles. The molecule has 8 nitrogen and oxygen atoms in total. The normalized spacial score (nSPS) is 12.8. The van der Waals surface area contributed by atoms with Crippen LogP contribution < -0.4 is 5.32 Å². The molecule has 0 aromatic heterocycles. The molecule has 1 amide bonds. The Kier molecular flexibility index (Phi) is 44.6. The third-order valence-corrected chi connectivity index (χ3v) is 13.2. The van der Waals surface area contributed by atoms with E-state index in [9.17, 15) is 14.4 Å². The van der Waals surface area contributed by atoms with Gasteiger partial charge in [-0.2, -0.15) is 0 Å². The maximum atomic E-state index is 13.3. The summed E-state index contributed by atoms with van der Waals surface area (Å²) in [5.41, 5.74) is -0.526. The first-order chi connectivity index (χ1) is 31.5. The van der Waals surface area contributed by atoms with Crippen LogP contribution in [0.1, 0.15) is 299 Å². The fourth-order valence-electron chi connectivity index (χ4n) is 9.18. The molecule has 0 saturated heterocycles. The molecular weight excluding hydrogens is 809 g/mol. The van der Waals surface area contributed by atoms with Crippen molar-refractivity contribution in [2.24, 2.45) is 5.92 Å². The smallest absolute Gasteiger partial charge is 0.407 e. The summed E-state index contributed by atoms with van der Waals surface area (Å²) in [5.74, 6) is 0.0395. The Bertz CT molecular complexity index is 1050. The van der Waals surface area contributed by atoms with Gasteiger partial charge in [0, 0.05) is 25.6 Å². The molecule has 2 atom stereocenters. The molecule has 2 unspecified atom stereocenters. The number of hydrogen-bond donors (Lipinski definition) is 1. The van der Waals surface area contributed by atoms with Gasteiger partial charge in [-0.25, -0.2) is 4.79 Å². The molecule has 0 rings (SSSR count). The number of nitrogens with one attached hydrogen (secondary N) is 1. The molecule has 0 aromatic rings. The monoisotopic (exact) mass is 921 g/mol. The lowest BCUT2D eigenvalue weighted by Crippen LogP contribution is -2.42. The molecule has 0 spiro atoms. The van der Waals surface area contributed by atoms with E-state index >= 15 is 0 Å². The predicted octanol–water partition coefficient (Wildman–Crippen LogP) is 17.2. The molecule has 1 N–H and O–H groups in total. The van der Waals surface area contributed by atoms with Gasteiger partial charge in [0.2, 0.25) is 0 Å². The van der Waals surface area contributed by atoms with Crippen molar-refractivity contribution in [1.29, 1.82) is 0 Å². The molecule has 0 saturated carbocycles. The SMILES string of the molecule is CCCCCCCCC(CCCCCCCC)OC(=O)CCCCCCCN(CCNC(=O)OC(C)(C)C)C(CCC)CCCCC(CCCCCCCC)C(=O)OCCCCCCC. The summed E-state index contributed by atoms with van der Waals surface area (Å²) >= 11 is 0. The zero-order chi connectivity index (χ0) is 48.1. The van der Waals surface area contributed by atoms with Crippen LogP contribution in [0.5, 0.6) is 0 Å². The molecule has 386 valence electrons. The number of rotatable bonds is 48. The largest absolute Gasteiger partial charge is 0.465 e. The number of nitrogens with zero attached hydrogens (tertiary/aromatic N) is 1. The lowest BCUT2D eigenvalue weighted by Gasteiger charge is -2.32. The van der Waals surface area contributed by atoms with Crippen LogP contribution in [0.3, 0.4) is 0 Å². The Labute approximate surface area is 404 Å². The topological polar surface area (TPSA) is 94.2 Å². The number of ether oxygens (including phenoxy) is 3. The van der Waals surface area contributed by atoms with Crippen LogP contribution in [0.25, 0.3) is 0 Å². The number of carbonyl (C=O) groups is 3. The van der Waals surface area contributed by atoms with Gasteiger partial charge in [-0.3, -0.25) is 14.5 Å². The maximum absolute atomic E-state index is 13.3. The Balaban J connectivity index is 5.22. The first-order valence-electron chi connectivity index (χ1n) is 28.6. The lowest BCUT2D eigenvalue weighted by atomic mass is 9.93. The van der Waals surface area contributed by atoms with Gasteiger partial charge >= 0.3 is 18.0 Å². The second kappa shape index (κ2) is 45.9. The molecule has 0 fully saturated rings. The third kappa shape index (κ3) is 42.0. The zero-order valence-electron chi connectivity index (χ0n) is 44.8. The minimum absolute atomic E-state index is 0.00135. The molecule has 0 radical (unpaired) electrons. The van der Waals surface area contributed by atoms with Gasteiger partial charge in [-0.05, 0) is 97.9 Å². The van der Waals surface area contributed by atoms with Gasteiger partial charge in [-0.15, -0.1) is 0 Å². The van der Waals surface area contributed by atoms with E-state index in [4.69, 9.17) is 14.2 Å². The van der Waals surface area contributed by atoms with Crippen LogP contribution >= 0.6 is 0 Å². The van der Waals surface area contributed by atoms with Crippen LogP contribution in [0.15, 0.2) is 0 Å². The minimum atomic E-state index is -0.526. The highest BCUT2D eigenvalue weighted by Crippen LogP contribution is 2.24. The first-order valence-corrected chi connectivity index (χ1v) is 28.6. The number of esters is 2. The van der Waals surface area contributed by atoms with Crippen molar-refractivity contribution in [3.05, 3.63) is 0 Å². The summed E-state index contributed by atoms with van der Waals surface area (Å²) < 4.78 is 17.5. The van der Waals surface area contributed by atoms with Gasteiger partial charge in [-0.1, -0.05) is 202 Å². The van der Waals surface area contributed by atoms with Crippen molar-refractivity contribution in [2.45, 2.75) is 317 Å². The summed E-state index contributed by atoms with van der Waals surface area (Å²) in [6.07, 6.45) is 43.4. The standard InChI is InChI=1S/C57H112N2O6/c1-9-14-18-22-26-32-41-51(55(61)63-50-39-31-21-17-12-4)42-36-37-43-52(40-13-5)59(49-47-58-56(62)65-57(6,7)8)48-38-30-25-29-35-46-54(60)64-53(44-33-27-23-19-15-10-2)45-34-28-24-20-16-11-3/h51-53H,9-50H2,1-8H3,(H,58,62). The summed E-state index contributed by atoms with van der Waals surface area (Å²) in [6, 6.07) is 0.433. The second-order valence-corrected chi connectivity index (χ2v) is 20.8. The number of carbonyl (C=O) groups excluding carboxylic acids is 3. The van der Waals surface area contributed by atoms with Crippen molar-refractivity contribution in [2.75, 3.05) is 26.2 Å². The molecule has 0 heterocycles. The van der Waals surface area contributed by atoms with E-state index in [1.54, 1.807) is 0 Å². The lowest BCUT2D eigenvalue weighted by molar-refractivity contribution is -0.150. The number of amides is 1. The number of unbranched alkanes of at least 4 members (excludes halogenated alkanes) is 24. The van der Waals surface area contributed by atoms with E-state index in [0.717, 1.165) is 122 Å². The van der Waals surface area contributed by atoms with Gasteiger partial charge in [0.1, 0.15) is 11.7 Å². The number of hydrogen-bond acceptors (Lipinski definition) is 7. The summed E-state index contributed by atoms with van der Waals surface area (Å²) in [5, 5.41) is 3.01. The van der Waals surface area contributed by atoms with Gasteiger partial charge < -0.3 is 19.5 Å². The molecule has 8 heteroatoms. The molecule has 0 aliphatic rings. The Morgan fingerprint density at radius 2 is 0.923 bits per heavy atom. The molecule has 0 aromatic carbocycles. The zero-order valence-corrected chi connectivity index (χ0v) is 44.8. The van der Waals surface area contributed by atoms with E-state index in [1.165, 1.54) is 128 Å². The molecule has 0 bridgehead atoms. The Morgan fingerprint density at radius 3 is 1.45 bits per heavy atom. The Morgan fingerprint density at radius 1 is 0.477 bits per heavy atom. The fourth-order valence-corrected chi connectivity index (χ4v) is 9.18. The van der Waals surface area contributed by atoms with E-state index in [1.807, 2.05) is 20.8 Å². The summed E-state index contributed by atoms with van der Waals surface area (Å²) in [4.78, 5) is 41.5. The molecule has 0 aliphatic carbocycles. The van der Waals surface area contributed by atoms with E-state index in [0.29, 0.717) is 25.6 Å². The van der Waals surface area contributed by atoms with Crippen LogP contribution in [0, 0.1) is 5.92 Å². The summed E-state index contributed by atoms with van der Waals surface area (Å²) in [7, 11) is 0. The van der Waals surface area contributed by atoms with Crippen LogP contribution in [-0.2, 0) is 23.8 Å². The quantitative estimate of drug-likeness (QED) is 0.0369. The molecular formula is C57H112N2O6. The maximum Gasteiger partial charge on any atom is 0.407 e. The highest BCUT2D eigenvalue weighted by atomic mass is 16.6. The van der Waals surface area contributed by atoms with Crippen molar-refractivity contribution < 1.29 is 28.6 Å². The highest BCUT2D eigenvalue weighted by molar-refractivity contribution is 5.72. The minimum Gasteiger partial charge on any atom is -0.465 e. The fraction of sp³-hybridized carbons (Fsp3) is 0.947. The van der Waals surface area contributed by atoms with E-state index in [-0.39, 0.29) is 30.1 Å². The second-order valence-electron chi connectivity index (χ2n) is 20.8. The Hall–Kier alpha value is -1.83. The van der Waals surface area contributed by atoms with Crippen molar-refractivity contribution in [3.8, 4) is 0 Å². The van der Waals surface area contributed by atoms with Gasteiger partial charge in [0.05, 0.1) is 12.5 Å². The first kappa shape index (κ1) is 63.2. The third-order valence-electron chi connectivity index (χ3n) is 13.2. The van der Waals surface area contributed by atoms with Gasteiger partial charge in [0.15, 0.2) is 0 Å².